The van der Waals surface area contributed by atoms with Crippen LogP contribution in [0, 0.1) is 10.1 Å². The number of ether oxygens (including phenoxy) is 2. The molecule has 0 aliphatic rings. The van der Waals surface area contributed by atoms with Crippen molar-refractivity contribution in [3.05, 3.63) is 75.3 Å². The largest absolute Gasteiger partial charge is 0.490 e. The van der Waals surface area contributed by atoms with Crippen molar-refractivity contribution in [3.8, 4) is 5.75 Å². The first-order valence-electron chi connectivity index (χ1n) is 7.83. The molecule has 0 saturated heterocycles. The number of nitrogens with zero attached hydrogens (tertiary/aromatic N) is 2. The van der Waals surface area contributed by atoms with E-state index in [0.29, 0.717) is 10.8 Å². The Labute approximate surface area is 158 Å². The maximum absolute atomic E-state index is 12.2. The van der Waals surface area contributed by atoms with E-state index in [4.69, 9.17) is 9.47 Å². The number of esters is 1. The number of methoxy groups -OCH3 is 1. The summed E-state index contributed by atoms with van der Waals surface area (Å²) in [6.07, 6.45) is 0. The third-order valence-electron chi connectivity index (χ3n) is 3.54. The zero-order valence-corrected chi connectivity index (χ0v) is 15.1. The number of nitro groups is 1. The zero-order chi connectivity index (χ0) is 19.2. The van der Waals surface area contributed by atoms with Gasteiger partial charge in [-0.1, -0.05) is 18.2 Å². The Bertz CT molecular complexity index is 959. The Morgan fingerprint density at radius 1 is 1.26 bits per heavy atom. The van der Waals surface area contributed by atoms with Crippen molar-refractivity contribution in [2.75, 3.05) is 12.4 Å². The van der Waals surface area contributed by atoms with E-state index in [1.807, 2.05) is 30.3 Å². The normalized spacial score (nSPS) is 10.3. The molecule has 3 rings (SSSR count). The quantitative estimate of drug-likeness (QED) is 0.370. The molecular weight excluding hydrogens is 370 g/mol. The summed E-state index contributed by atoms with van der Waals surface area (Å²) in [5.41, 5.74) is 1.26. The summed E-state index contributed by atoms with van der Waals surface area (Å²) in [4.78, 5) is 26.9. The lowest BCUT2D eigenvalue weighted by atomic mass is 10.2. The highest BCUT2D eigenvalue weighted by atomic mass is 32.1. The molecule has 0 aliphatic heterocycles. The first-order valence-corrected chi connectivity index (χ1v) is 8.71. The van der Waals surface area contributed by atoms with E-state index < -0.39 is 10.9 Å². The lowest BCUT2D eigenvalue weighted by Gasteiger charge is -2.05. The number of anilines is 2. The fourth-order valence-corrected chi connectivity index (χ4v) is 2.97. The number of carbonyl (C=O) groups is 1. The smallest absolute Gasteiger partial charge is 0.338 e. The van der Waals surface area contributed by atoms with Crippen molar-refractivity contribution in [1.29, 1.82) is 0 Å². The van der Waals surface area contributed by atoms with E-state index in [1.165, 1.54) is 30.6 Å². The number of hydrogen-bond donors (Lipinski definition) is 1. The van der Waals surface area contributed by atoms with Crippen molar-refractivity contribution < 1.29 is 19.2 Å². The van der Waals surface area contributed by atoms with Crippen LogP contribution in [0.3, 0.4) is 0 Å². The molecule has 0 fully saturated rings. The summed E-state index contributed by atoms with van der Waals surface area (Å²) in [6, 6.07) is 13.5. The van der Waals surface area contributed by atoms with Crippen LogP contribution in [-0.2, 0) is 11.3 Å². The Morgan fingerprint density at radius 3 is 2.74 bits per heavy atom. The fourth-order valence-electron chi connectivity index (χ4n) is 2.26. The van der Waals surface area contributed by atoms with Gasteiger partial charge in [0, 0.05) is 17.1 Å². The van der Waals surface area contributed by atoms with E-state index in [0.717, 1.165) is 11.8 Å². The second-order valence-electron chi connectivity index (χ2n) is 5.35. The van der Waals surface area contributed by atoms with Crippen LogP contribution in [0.5, 0.6) is 5.75 Å². The molecule has 0 spiro atoms. The van der Waals surface area contributed by atoms with Crippen LogP contribution in [0.25, 0.3) is 0 Å². The number of nitro benzene ring substituents is 1. The highest BCUT2D eigenvalue weighted by molar-refractivity contribution is 7.13. The van der Waals surface area contributed by atoms with Crippen LogP contribution >= 0.6 is 11.3 Å². The zero-order valence-electron chi connectivity index (χ0n) is 14.2. The van der Waals surface area contributed by atoms with Gasteiger partial charge in [0.25, 0.3) is 0 Å². The molecule has 0 saturated carbocycles. The van der Waals surface area contributed by atoms with Crippen LogP contribution in [-0.4, -0.2) is 23.0 Å². The van der Waals surface area contributed by atoms with Crippen molar-refractivity contribution in [3.63, 3.8) is 0 Å². The van der Waals surface area contributed by atoms with E-state index in [1.54, 1.807) is 5.38 Å². The average Bonchev–Trinajstić information content (AvgIpc) is 3.13. The third kappa shape index (κ3) is 4.59. The standard InChI is InChI=1S/C18H15N3O5S/c1-25-16-8-7-12(9-15(16)21(23)24)17(22)26-10-14-11-27-18(20-14)19-13-5-3-2-4-6-13/h2-9,11H,10H2,1H3,(H,19,20). The van der Waals surface area contributed by atoms with E-state index in [-0.39, 0.29) is 23.6 Å². The van der Waals surface area contributed by atoms with Crippen molar-refractivity contribution in [1.82, 2.24) is 4.98 Å². The van der Waals surface area contributed by atoms with Crippen LogP contribution in [0.15, 0.2) is 53.9 Å². The van der Waals surface area contributed by atoms with Crippen LogP contribution in [0.2, 0.25) is 0 Å². The second-order valence-corrected chi connectivity index (χ2v) is 6.21. The summed E-state index contributed by atoms with van der Waals surface area (Å²) in [5, 5.41) is 16.6. The SMILES string of the molecule is COc1ccc(C(=O)OCc2csc(Nc3ccccc3)n2)cc1[N+](=O)[O-]. The number of aromatic nitrogens is 1. The average molecular weight is 385 g/mol. The summed E-state index contributed by atoms with van der Waals surface area (Å²) >= 11 is 1.38. The van der Waals surface area contributed by atoms with Gasteiger partial charge in [0.1, 0.15) is 6.61 Å². The number of carbonyl (C=O) groups excluding carboxylic acids is 1. The Morgan fingerprint density at radius 2 is 2.04 bits per heavy atom. The molecule has 138 valence electrons. The van der Waals surface area contributed by atoms with Crippen LogP contribution in [0.1, 0.15) is 16.1 Å². The first kappa shape index (κ1) is 18.3. The highest BCUT2D eigenvalue weighted by Crippen LogP contribution is 2.28. The molecule has 9 heteroatoms. The summed E-state index contributed by atoms with van der Waals surface area (Å²) in [7, 11) is 1.32. The Hall–Kier alpha value is -3.46. The van der Waals surface area contributed by atoms with Gasteiger partial charge in [-0.25, -0.2) is 9.78 Å². The van der Waals surface area contributed by atoms with E-state index in [2.05, 4.69) is 10.3 Å². The Kier molecular flexibility index (Phi) is 5.62. The van der Waals surface area contributed by atoms with Gasteiger partial charge in [0.05, 0.1) is 23.3 Å². The summed E-state index contributed by atoms with van der Waals surface area (Å²) in [5.74, 6) is -0.598. The maximum atomic E-state index is 12.2. The number of thiazole rings is 1. The molecule has 0 bridgehead atoms. The van der Waals surface area contributed by atoms with Crippen molar-refractivity contribution in [2.45, 2.75) is 6.61 Å². The highest BCUT2D eigenvalue weighted by Gasteiger charge is 2.19. The molecule has 3 aromatic rings. The molecule has 0 amide bonds. The molecule has 0 aliphatic carbocycles. The molecule has 0 unspecified atom stereocenters. The van der Waals surface area contributed by atoms with Gasteiger partial charge < -0.3 is 14.8 Å². The third-order valence-corrected chi connectivity index (χ3v) is 4.35. The van der Waals surface area contributed by atoms with Gasteiger partial charge in [0.2, 0.25) is 0 Å². The van der Waals surface area contributed by atoms with E-state index >= 15 is 0 Å². The molecule has 1 N–H and O–H groups in total. The molecule has 8 nitrogen and oxygen atoms in total. The second kappa shape index (κ2) is 8.28. The molecule has 27 heavy (non-hydrogen) atoms. The minimum atomic E-state index is -0.675. The number of benzene rings is 2. The number of rotatable bonds is 7. The van der Waals surface area contributed by atoms with Gasteiger partial charge in [-0.3, -0.25) is 10.1 Å². The van der Waals surface area contributed by atoms with Crippen LogP contribution < -0.4 is 10.1 Å². The lowest BCUT2D eigenvalue weighted by Crippen LogP contribution is -2.06. The van der Waals surface area contributed by atoms with Gasteiger partial charge in [0.15, 0.2) is 10.9 Å². The maximum Gasteiger partial charge on any atom is 0.338 e. The number of hydrogen-bond acceptors (Lipinski definition) is 8. The predicted molar refractivity (Wildman–Crippen MR) is 101 cm³/mol. The number of nitrogens with one attached hydrogen (secondary N) is 1. The molecule has 1 heterocycles. The molecule has 2 aromatic carbocycles. The number of para-hydroxylation sites is 1. The molecule has 1 aromatic heterocycles. The Balaban J connectivity index is 1.63. The molecule has 0 radical (unpaired) electrons. The molecular formula is C18H15N3O5S. The predicted octanol–water partition coefficient (Wildman–Crippen LogP) is 4.16. The fraction of sp³-hybridized carbons (Fsp3) is 0.111. The van der Waals surface area contributed by atoms with Crippen LogP contribution in [0.4, 0.5) is 16.5 Å². The van der Waals surface area contributed by atoms with Crippen molar-refractivity contribution >= 4 is 33.8 Å². The summed E-state index contributed by atoms with van der Waals surface area (Å²) < 4.78 is 10.1. The van der Waals surface area contributed by atoms with Crippen molar-refractivity contribution in [2.24, 2.45) is 0 Å². The summed E-state index contributed by atoms with van der Waals surface area (Å²) in [6.45, 7) is -0.0361. The van der Waals surface area contributed by atoms with Gasteiger partial charge in [-0.05, 0) is 24.3 Å². The monoisotopic (exact) mass is 385 g/mol. The molecule has 0 atom stereocenters. The topological polar surface area (TPSA) is 104 Å². The van der Waals surface area contributed by atoms with Gasteiger partial charge in [-0.2, -0.15) is 0 Å². The lowest BCUT2D eigenvalue weighted by molar-refractivity contribution is -0.385. The minimum absolute atomic E-state index is 0.0361. The first-order chi connectivity index (χ1) is 13.1. The van der Waals surface area contributed by atoms with Gasteiger partial charge >= 0.3 is 11.7 Å². The van der Waals surface area contributed by atoms with E-state index in [9.17, 15) is 14.9 Å². The van der Waals surface area contributed by atoms with Gasteiger partial charge in [-0.15, -0.1) is 11.3 Å². The minimum Gasteiger partial charge on any atom is -0.490 e.